The highest BCUT2D eigenvalue weighted by Gasteiger charge is 2.32. The van der Waals surface area contributed by atoms with E-state index in [-0.39, 0.29) is 17.4 Å². The van der Waals surface area contributed by atoms with Crippen LogP contribution < -0.4 is 0 Å². The van der Waals surface area contributed by atoms with Gasteiger partial charge in [-0.2, -0.15) is 9.40 Å². The summed E-state index contributed by atoms with van der Waals surface area (Å²) in [5, 5.41) is 4.37. The summed E-state index contributed by atoms with van der Waals surface area (Å²) in [6.07, 6.45) is 4.13. The van der Waals surface area contributed by atoms with Gasteiger partial charge in [0, 0.05) is 31.7 Å². The van der Waals surface area contributed by atoms with Gasteiger partial charge < -0.3 is 4.90 Å². The molecule has 1 aromatic heterocycles. The molecule has 8 heteroatoms. The van der Waals surface area contributed by atoms with E-state index in [1.54, 1.807) is 6.20 Å². The lowest BCUT2D eigenvalue weighted by Crippen LogP contribution is -2.38. The van der Waals surface area contributed by atoms with Crippen LogP contribution in [0.15, 0.2) is 41.4 Å². The molecule has 140 valence electrons. The molecule has 0 radical (unpaired) electrons. The molecule has 1 fully saturated rings. The molecule has 4 rings (SSSR count). The summed E-state index contributed by atoms with van der Waals surface area (Å²) in [5.74, 6) is -0.269. The first-order valence-electron chi connectivity index (χ1n) is 9.01. The normalized spacial score (nSPS) is 22.3. The molecule has 0 N–H and O–H groups in total. The summed E-state index contributed by atoms with van der Waals surface area (Å²) in [6.45, 7) is 4.47. The number of fused-ring (bicyclic) bond motifs is 1. The van der Waals surface area contributed by atoms with Crippen molar-refractivity contribution in [1.29, 1.82) is 0 Å². The Kier molecular flexibility index (Phi) is 4.81. The zero-order valence-electron chi connectivity index (χ0n) is 14.6. The van der Waals surface area contributed by atoms with Crippen molar-refractivity contribution >= 4 is 10.0 Å². The van der Waals surface area contributed by atoms with Gasteiger partial charge in [0.15, 0.2) is 0 Å². The van der Waals surface area contributed by atoms with E-state index in [0.717, 1.165) is 25.3 Å². The summed E-state index contributed by atoms with van der Waals surface area (Å²) < 4.78 is 42.9. The van der Waals surface area contributed by atoms with Gasteiger partial charge in [-0.3, -0.25) is 4.68 Å². The number of hydrogen-bond donors (Lipinski definition) is 0. The Labute approximate surface area is 153 Å². The first-order valence-corrected chi connectivity index (χ1v) is 10.4. The minimum atomic E-state index is -3.68. The largest absolute Gasteiger partial charge is 0.303 e. The Balaban J connectivity index is 1.62. The highest BCUT2D eigenvalue weighted by Crippen LogP contribution is 2.25. The number of nitrogens with zero attached hydrogens (tertiary/aromatic N) is 4. The van der Waals surface area contributed by atoms with Gasteiger partial charge in [-0.1, -0.05) is 0 Å². The lowest BCUT2D eigenvalue weighted by Gasteiger charge is -2.26. The summed E-state index contributed by atoms with van der Waals surface area (Å²) in [6, 6.07) is 6.92. The number of likely N-dealkylation sites (tertiary alicyclic amines) is 1. The fourth-order valence-electron chi connectivity index (χ4n) is 3.88. The van der Waals surface area contributed by atoms with Crippen molar-refractivity contribution in [2.75, 3.05) is 26.2 Å². The highest BCUT2D eigenvalue weighted by atomic mass is 32.2. The topological polar surface area (TPSA) is 58.4 Å². The number of hydrogen-bond acceptors (Lipinski definition) is 4. The molecule has 0 aliphatic carbocycles. The fourth-order valence-corrected chi connectivity index (χ4v) is 5.37. The molecule has 6 nitrogen and oxygen atoms in total. The Morgan fingerprint density at radius 1 is 1.08 bits per heavy atom. The Morgan fingerprint density at radius 3 is 2.54 bits per heavy atom. The molecule has 0 bridgehead atoms. The number of halogens is 1. The average Bonchev–Trinajstić information content (AvgIpc) is 3.24. The summed E-state index contributed by atoms with van der Waals surface area (Å²) in [7, 11) is -3.68. The van der Waals surface area contributed by atoms with Gasteiger partial charge in [0.1, 0.15) is 5.82 Å². The fraction of sp³-hybridized carbons (Fsp3) is 0.500. The molecular weight excluding hydrogens is 355 g/mol. The van der Waals surface area contributed by atoms with Crippen LogP contribution in [0.5, 0.6) is 0 Å². The van der Waals surface area contributed by atoms with E-state index in [1.807, 2.05) is 10.7 Å². The van der Waals surface area contributed by atoms with Gasteiger partial charge in [-0.05, 0) is 56.3 Å². The predicted octanol–water partition coefficient (Wildman–Crippen LogP) is 1.94. The second-order valence-electron chi connectivity index (χ2n) is 7.13. The van der Waals surface area contributed by atoms with Gasteiger partial charge in [-0.15, -0.1) is 0 Å². The van der Waals surface area contributed by atoms with Crippen molar-refractivity contribution < 1.29 is 12.8 Å². The molecule has 26 heavy (non-hydrogen) atoms. The molecule has 2 aliphatic heterocycles. The van der Waals surface area contributed by atoms with Crippen LogP contribution >= 0.6 is 0 Å². The SMILES string of the molecule is O=S(=O)(c1ccc(F)cc1)N1Cc2ccnn2C[C@@H](CN2CCCC2)C1. The zero-order chi connectivity index (χ0) is 18.1. The molecule has 0 unspecified atom stereocenters. The summed E-state index contributed by atoms with van der Waals surface area (Å²) in [4.78, 5) is 2.54. The van der Waals surface area contributed by atoms with E-state index in [0.29, 0.717) is 13.1 Å². The Bertz CT molecular complexity index is 860. The molecule has 3 heterocycles. The second kappa shape index (κ2) is 7.09. The van der Waals surface area contributed by atoms with Gasteiger partial charge in [0.25, 0.3) is 0 Å². The summed E-state index contributed by atoms with van der Waals surface area (Å²) in [5.41, 5.74) is 0.889. The van der Waals surface area contributed by atoms with Crippen molar-refractivity contribution in [3.63, 3.8) is 0 Å². The van der Waals surface area contributed by atoms with E-state index in [2.05, 4.69) is 10.00 Å². The van der Waals surface area contributed by atoms with E-state index in [9.17, 15) is 12.8 Å². The number of rotatable bonds is 4. The molecule has 0 amide bonds. The molecule has 1 saturated heterocycles. The van der Waals surface area contributed by atoms with E-state index < -0.39 is 15.8 Å². The molecule has 0 spiro atoms. The van der Waals surface area contributed by atoms with Gasteiger partial charge in [0.2, 0.25) is 10.0 Å². The van der Waals surface area contributed by atoms with Crippen LogP contribution in [0, 0.1) is 11.7 Å². The smallest absolute Gasteiger partial charge is 0.243 e. The lowest BCUT2D eigenvalue weighted by molar-refractivity contribution is 0.233. The third-order valence-corrected chi connectivity index (χ3v) is 7.03. The molecular formula is C18H23FN4O2S. The van der Waals surface area contributed by atoms with Gasteiger partial charge in [-0.25, -0.2) is 12.8 Å². The standard InChI is InChI=1S/C18H23FN4O2S/c19-16-3-5-18(6-4-16)26(24,25)22-12-15(11-21-9-1-2-10-21)13-23-17(14-22)7-8-20-23/h3-8,15H,1-2,9-14H2/t15-/m0/s1. The third kappa shape index (κ3) is 3.54. The van der Waals surface area contributed by atoms with E-state index >= 15 is 0 Å². The van der Waals surface area contributed by atoms with E-state index in [1.165, 1.54) is 41.4 Å². The Morgan fingerprint density at radius 2 is 1.81 bits per heavy atom. The maximum absolute atomic E-state index is 13.2. The molecule has 2 aliphatic rings. The van der Waals surface area contributed by atoms with Crippen molar-refractivity contribution in [1.82, 2.24) is 19.0 Å². The van der Waals surface area contributed by atoms with Crippen LogP contribution in [0.4, 0.5) is 4.39 Å². The molecule has 1 atom stereocenters. The number of benzene rings is 1. The van der Waals surface area contributed by atoms with E-state index in [4.69, 9.17) is 0 Å². The zero-order valence-corrected chi connectivity index (χ0v) is 15.4. The first-order chi connectivity index (χ1) is 12.5. The van der Waals surface area contributed by atoms with Crippen LogP contribution in [0.3, 0.4) is 0 Å². The number of sulfonamides is 1. The maximum atomic E-state index is 13.2. The highest BCUT2D eigenvalue weighted by molar-refractivity contribution is 7.89. The second-order valence-corrected chi connectivity index (χ2v) is 9.07. The first kappa shape index (κ1) is 17.6. The van der Waals surface area contributed by atoms with Crippen molar-refractivity contribution in [2.24, 2.45) is 5.92 Å². The molecule has 1 aromatic carbocycles. The predicted molar refractivity (Wildman–Crippen MR) is 95.4 cm³/mol. The van der Waals surface area contributed by atoms with Crippen LogP contribution in [0.1, 0.15) is 18.5 Å². The van der Waals surface area contributed by atoms with Crippen molar-refractivity contribution in [2.45, 2.75) is 30.8 Å². The van der Waals surface area contributed by atoms with Crippen LogP contribution in [0.2, 0.25) is 0 Å². The Hall–Kier alpha value is -1.77. The van der Waals surface area contributed by atoms with Gasteiger partial charge >= 0.3 is 0 Å². The van der Waals surface area contributed by atoms with Crippen molar-refractivity contribution in [3.8, 4) is 0 Å². The number of aromatic nitrogens is 2. The quantitative estimate of drug-likeness (QED) is 0.816. The van der Waals surface area contributed by atoms with Crippen molar-refractivity contribution in [3.05, 3.63) is 48.0 Å². The van der Waals surface area contributed by atoms with Crippen LogP contribution in [-0.2, 0) is 23.1 Å². The minimum absolute atomic E-state index is 0.131. The van der Waals surface area contributed by atoms with Crippen LogP contribution in [-0.4, -0.2) is 53.6 Å². The third-order valence-electron chi connectivity index (χ3n) is 5.20. The monoisotopic (exact) mass is 378 g/mol. The molecule has 2 aromatic rings. The van der Waals surface area contributed by atoms with Crippen LogP contribution in [0.25, 0.3) is 0 Å². The summed E-state index contributed by atoms with van der Waals surface area (Å²) >= 11 is 0. The average molecular weight is 378 g/mol. The molecule has 0 saturated carbocycles. The van der Waals surface area contributed by atoms with Gasteiger partial charge in [0.05, 0.1) is 17.1 Å². The minimum Gasteiger partial charge on any atom is -0.303 e. The maximum Gasteiger partial charge on any atom is 0.243 e. The lowest BCUT2D eigenvalue weighted by atomic mass is 10.1.